The van der Waals surface area contributed by atoms with Crippen molar-refractivity contribution < 1.29 is 17.6 Å². The van der Waals surface area contributed by atoms with E-state index in [1.807, 2.05) is 0 Å². The van der Waals surface area contributed by atoms with Gasteiger partial charge in [0.25, 0.3) is 0 Å². The average Bonchev–Trinajstić information content (AvgIpc) is 2.19. The highest BCUT2D eigenvalue weighted by Crippen LogP contribution is 2.30. The lowest BCUT2D eigenvalue weighted by Gasteiger charge is -2.22. The van der Waals surface area contributed by atoms with Crippen molar-refractivity contribution in [2.75, 3.05) is 24.2 Å². The summed E-state index contributed by atoms with van der Waals surface area (Å²) >= 11 is 5.54. The van der Waals surface area contributed by atoms with Crippen LogP contribution in [0.3, 0.4) is 0 Å². The van der Waals surface area contributed by atoms with Crippen molar-refractivity contribution in [3.63, 3.8) is 0 Å². The van der Waals surface area contributed by atoms with Crippen LogP contribution in [-0.4, -0.2) is 19.8 Å². The third-order valence-corrected chi connectivity index (χ3v) is 2.50. The predicted molar refractivity (Wildman–Crippen MR) is 59.8 cm³/mol. The molecule has 7 heteroatoms. The number of hydrogen-bond acceptors (Lipinski definition) is 2. The second kappa shape index (κ2) is 5.00. The van der Waals surface area contributed by atoms with E-state index in [0.717, 1.165) is 6.07 Å². The zero-order chi connectivity index (χ0) is 13.2. The molecule has 0 aliphatic rings. The summed E-state index contributed by atoms with van der Waals surface area (Å²) in [6.07, 6.45) is -5.22. The fraction of sp³-hybridized carbons (Fsp3) is 0.400. The average molecular weight is 271 g/mol. The number of nitrogen functional groups attached to an aromatic ring is 1. The maximum absolute atomic E-state index is 13.0. The Labute approximate surface area is 101 Å². The van der Waals surface area contributed by atoms with Gasteiger partial charge in [0, 0.05) is 19.7 Å². The van der Waals surface area contributed by atoms with E-state index in [4.69, 9.17) is 17.3 Å². The fourth-order valence-electron chi connectivity index (χ4n) is 1.30. The monoisotopic (exact) mass is 270 g/mol. The van der Waals surface area contributed by atoms with Gasteiger partial charge in [0.05, 0.1) is 22.8 Å². The number of nitrogens with two attached hydrogens (primary N) is 1. The summed E-state index contributed by atoms with van der Waals surface area (Å²) in [6.45, 7) is -0.268. The van der Waals surface area contributed by atoms with Crippen LogP contribution in [0.15, 0.2) is 12.1 Å². The maximum Gasteiger partial charge on any atom is 0.390 e. The molecule has 0 amide bonds. The number of nitrogens with zero attached hydrogens (tertiary/aromatic N) is 1. The Morgan fingerprint density at radius 2 is 1.94 bits per heavy atom. The van der Waals surface area contributed by atoms with Gasteiger partial charge in [-0.25, -0.2) is 4.39 Å². The number of anilines is 2. The van der Waals surface area contributed by atoms with Crippen LogP contribution in [0.4, 0.5) is 28.9 Å². The Bertz CT molecular complexity index is 406. The van der Waals surface area contributed by atoms with E-state index < -0.39 is 18.4 Å². The quantitative estimate of drug-likeness (QED) is 0.673. The van der Waals surface area contributed by atoms with Gasteiger partial charge in [0.1, 0.15) is 5.82 Å². The summed E-state index contributed by atoms with van der Waals surface area (Å²) in [4.78, 5) is 1.29. The van der Waals surface area contributed by atoms with Crippen LogP contribution < -0.4 is 10.6 Å². The van der Waals surface area contributed by atoms with Crippen molar-refractivity contribution in [1.82, 2.24) is 0 Å². The zero-order valence-electron chi connectivity index (χ0n) is 8.98. The maximum atomic E-state index is 13.0. The van der Waals surface area contributed by atoms with Gasteiger partial charge in [0.15, 0.2) is 0 Å². The highest BCUT2D eigenvalue weighted by molar-refractivity contribution is 6.31. The Morgan fingerprint density at radius 3 is 2.47 bits per heavy atom. The number of benzene rings is 1. The van der Waals surface area contributed by atoms with Crippen LogP contribution in [0.25, 0.3) is 0 Å². The second-order valence-corrected chi connectivity index (χ2v) is 4.02. The van der Waals surface area contributed by atoms with Gasteiger partial charge >= 0.3 is 6.18 Å². The molecule has 0 radical (unpaired) electrons. The molecule has 0 bridgehead atoms. The molecule has 0 heterocycles. The molecule has 1 aromatic carbocycles. The fourth-order valence-corrected chi connectivity index (χ4v) is 1.46. The van der Waals surface area contributed by atoms with E-state index in [0.29, 0.717) is 0 Å². The summed E-state index contributed by atoms with van der Waals surface area (Å²) in [5.41, 5.74) is 5.84. The molecule has 0 aliphatic heterocycles. The van der Waals surface area contributed by atoms with Gasteiger partial charge in [-0.05, 0) is 6.07 Å². The van der Waals surface area contributed by atoms with Gasteiger partial charge in [0.2, 0.25) is 0 Å². The normalized spacial score (nSPS) is 11.6. The number of alkyl halides is 3. The van der Waals surface area contributed by atoms with Crippen molar-refractivity contribution >= 4 is 23.0 Å². The SMILES string of the molecule is CN(CCC(F)(F)F)c1cc(Cl)c(F)cc1N. The molecule has 1 aromatic rings. The molecule has 0 unspecified atom stereocenters. The standard InChI is InChI=1S/C10H11ClF4N2/c1-17(3-2-10(13,14)15)9-4-6(11)7(12)5-8(9)16/h4-5H,2-3,16H2,1H3. The first-order valence-corrected chi connectivity index (χ1v) is 5.11. The van der Waals surface area contributed by atoms with Crippen LogP contribution in [0.1, 0.15) is 6.42 Å². The number of halogens is 5. The van der Waals surface area contributed by atoms with E-state index in [1.165, 1.54) is 18.0 Å². The summed E-state index contributed by atoms with van der Waals surface area (Å²) in [5, 5.41) is -0.173. The summed E-state index contributed by atoms with van der Waals surface area (Å²) in [5.74, 6) is -0.697. The predicted octanol–water partition coefficient (Wildman–Crippen LogP) is 3.45. The van der Waals surface area contributed by atoms with Crippen molar-refractivity contribution in [1.29, 1.82) is 0 Å². The summed E-state index contributed by atoms with van der Waals surface area (Å²) in [7, 11) is 1.44. The zero-order valence-corrected chi connectivity index (χ0v) is 9.74. The second-order valence-electron chi connectivity index (χ2n) is 3.61. The molecule has 0 aromatic heterocycles. The minimum atomic E-state index is -4.24. The van der Waals surface area contributed by atoms with Crippen molar-refractivity contribution in [3.8, 4) is 0 Å². The summed E-state index contributed by atoms with van der Waals surface area (Å²) < 4.78 is 49.1. The molecule has 2 nitrogen and oxygen atoms in total. The van der Waals surface area contributed by atoms with Crippen molar-refractivity contribution in [2.24, 2.45) is 0 Å². The molecule has 0 aliphatic carbocycles. The Balaban J connectivity index is 2.82. The number of hydrogen-bond donors (Lipinski definition) is 1. The molecule has 0 fully saturated rings. The van der Waals surface area contributed by atoms with E-state index in [1.54, 1.807) is 0 Å². The molecule has 0 saturated heterocycles. The molecular formula is C10H11ClF4N2. The van der Waals surface area contributed by atoms with Crippen LogP contribution in [-0.2, 0) is 0 Å². The minimum absolute atomic E-state index is 0.0524. The van der Waals surface area contributed by atoms with E-state index in [2.05, 4.69) is 0 Å². The minimum Gasteiger partial charge on any atom is -0.397 e. The van der Waals surface area contributed by atoms with Crippen LogP contribution in [0, 0.1) is 5.82 Å². The van der Waals surface area contributed by atoms with Gasteiger partial charge in [-0.15, -0.1) is 0 Å². The van der Waals surface area contributed by atoms with Crippen LogP contribution in [0.5, 0.6) is 0 Å². The lowest BCUT2D eigenvalue weighted by molar-refractivity contribution is -0.132. The highest BCUT2D eigenvalue weighted by atomic mass is 35.5. The molecular weight excluding hydrogens is 260 g/mol. The lowest BCUT2D eigenvalue weighted by atomic mass is 10.2. The first kappa shape index (κ1) is 13.9. The Morgan fingerprint density at radius 1 is 1.35 bits per heavy atom. The molecule has 1 rings (SSSR count). The van der Waals surface area contributed by atoms with Crippen molar-refractivity contribution in [2.45, 2.75) is 12.6 Å². The van der Waals surface area contributed by atoms with Gasteiger partial charge in [-0.3, -0.25) is 0 Å². The third-order valence-electron chi connectivity index (χ3n) is 2.21. The van der Waals surface area contributed by atoms with Gasteiger partial charge in [-0.2, -0.15) is 13.2 Å². The highest BCUT2D eigenvalue weighted by Gasteiger charge is 2.27. The van der Waals surface area contributed by atoms with Gasteiger partial charge < -0.3 is 10.6 Å². The van der Waals surface area contributed by atoms with E-state index in [9.17, 15) is 17.6 Å². The molecule has 0 atom stereocenters. The molecule has 96 valence electrons. The molecule has 17 heavy (non-hydrogen) atoms. The lowest BCUT2D eigenvalue weighted by Crippen LogP contribution is -2.24. The van der Waals surface area contributed by atoms with Gasteiger partial charge in [-0.1, -0.05) is 11.6 Å². The first-order chi connectivity index (χ1) is 7.70. The van der Waals surface area contributed by atoms with E-state index in [-0.39, 0.29) is 22.9 Å². The van der Waals surface area contributed by atoms with Crippen LogP contribution >= 0.6 is 11.6 Å². The molecule has 0 saturated carbocycles. The molecule has 0 spiro atoms. The Hall–Kier alpha value is -1.17. The van der Waals surface area contributed by atoms with E-state index >= 15 is 0 Å². The largest absolute Gasteiger partial charge is 0.397 e. The smallest absolute Gasteiger partial charge is 0.390 e. The summed E-state index contributed by atoms with van der Waals surface area (Å²) in [6, 6.07) is 2.20. The first-order valence-electron chi connectivity index (χ1n) is 4.73. The number of rotatable bonds is 3. The Kier molecular flexibility index (Phi) is 4.08. The van der Waals surface area contributed by atoms with Crippen LogP contribution in [0.2, 0.25) is 5.02 Å². The molecule has 2 N–H and O–H groups in total. The third kappa shape index (κ3) is 3.96. The van der Waals surface area contributed by atoms with Crippen molar-refractivity contribution in [3.05, 3.63) is 23.0 Å². The topological polar surface area (TPSA) is 29.3 Å².